The summed E-state index contributed by atoms with van der Waals surface area (Å²) < 4.78 is 16.6. The van der Waals surface area contributed by atoms with Gasteiger partial charge in [0.2, 0.25) is 0 Å². The molecule has 0 aromatic heterocycles. The van der Waals surface area contributed by atoms with Gasteiger partial charge in [-0.25, -0.2) is 0 Å². The Bertz CT molecular complexity index is 201. The first-order chi connectivity index (χ1) is 8.14. The van der Waals surface area contributed by atoms with E-state index in [0.717, 1.165) is 25.3 Å². The molecule has 0 heterocycles. The van der Waals surface area contributed by atoms with E-state index in [9.17, 15) is 0 Å². The standard InChI is InChI=1S/C11H26N2O3Si/c1-4-5-9-16-17(14-2,15-3)10-7-11(13)6-8-12/h4,11H,1,5-10,12-13H2,2-3H3. The van der Waals surface area contributed by atoms with Crippen molar-refractivity contribution in [2.24, 2.45) is 11.5 Å². The van der Waals surface area contributed by atoms with Crippen LogP contribution in [0.25, 0.3) is 0 Å². The molecule has 0 aromatic rings. The van der Waals surface area contributed by atoms with Crippen LogP contribution < -0.4 is 11.5 Å². The van der Waals surface area contributed by atoms with Crippen molar-refractivity contribution in [3.63, 3.8) is 0 Å². The van der Waals surface area contributed by atoms with Crippen LogP contribution in [0.5, 0.6) is 0 Å². The van der Waals surface area contributed by atoms with Crippen LogP contribution >= 0.6 is 0 Å². The highest BCUT2D eigenvalue weighted by Crippen LogP contribution is 2.18. The maximum Gasteiger partial charge on any atom is 0.500 e. The van der Waals surface area contributed by atoms with Crippen LogP contribution in [0.3, 0.4) is 0 Å². The number of rotatable bonds is 11. The van der Waals surface area contributed by atoms with Gasteiger partial charge < -0.3 is 24.7 Å². The second-order valence-corrected chi connectivity index (χ2v) is 6.86. The molecule has 0 rings (SSSR count). The predicted molar refractivity (Wildman–Crippen MR) is 71.6 cm³/mol. The average Bonchev–Trinajstić information content (AvgIpc) is 2.34. The maximum atomic E-state index is 5.92. The highest BCUT2D eigenvalue weighted by Gasteiger charge is 2.38. The Hall–Kier alpha value is -0.243. The fourth-order valence-electron chi connectivity index (χ4n) is 1.50. The summed E-state index contributed by atoms with van der Waals surface area (Å²) in [5.74, 6) is 0. The first kappa shape index (κ1) is 16.8. The van der Waals surface area contributed by atoms with E-state index in [1.54, 1.807) is 14.2 Å². The second kappa shape index (κ2) is 9.75. The molecule has 0 aliphatic rings. The van der Waals surface area contributed by atoms with E-state index in [1.165, 1.54) is 0 Å². The highest BCUT2D eigenvalue weighted by molar-refractivity contribution is 6.60. The van der Waals surface area contributed by atoms with Crippen molar-refractivity contribution in [1.82, 2.24) is 0 Å². The Balaban J connectivity index is 4.14. The summed E-state index contributed by atoms with van der Waals surface area (Å²) in [6.07, 6.45) is 4.21. The van der Waals surface area contributed by atoms with Gasteiger partial charge >= 0.3 is 8.80 Å². The van der Waals surface area contributed by atoms with E-state index in [0.29, 0.717) is 13.2 Å². The molecule has 0 amide bonds. The summed E-state index contributed by atoms with van der Waals surface area (Å²) in [6.45, 7) is 4.83. The predicted octanol–water partition coefficient (Wildman–Crippen LogP) is 0.877. The molecule has 1 atom stereocenters. The van der Waals surface area contributed by atoms with Crippen molar-refractivity contribution in [1.29, 1.82) is 0 Å². The largest absolute Gasteiger partial charge is 0.500 e. The van der Waals surface area contributed by atoms with Crippen molar-refractivity contribution in [3.8, 4) is 0 Å². The zero-order valence-corrected chi connectivity index (χ0v) is 12.0. The molecule has 5 nitrogen and oxygen atoms in total. The van der Waals surface area contributed by atoms with Crippen molar-refractivity contribution in [3.05, 3.63) is 12.7 Å². The van der Waals surface area contributed by atoms with Gasteiger partial charge in [0.25, 0.3) is 0 Å². The fraction of sp³-hybridized carbons (Fsp3) is 0.818. The van der Waals surface area contributed by atoms with Gasteiger partial charge in [-0.15, -0.1) is 6.58 Å². The van der Waals surface area contributed by atoms with E-state index in [1.807, 2.05) is 6.08 Å². The normalized spacial score (nSPS) is 13.6. The highest BCUT2D eigenvalue weighted by atomic mass is 28.4. The van der Waals surface area contributed by atoms with Crippen molar-refractivity contribution < 1.29 is 13.3 Å². The molecule has 4 N–H and O–H groups in total. The van der Waals surface area contributed by atoms with Gasteiger partial charge in [-0.2, -0.15) is 0 Å². The molecule has 0 fully saturated rings. The van der Waals surface area contributed by atoms with Crippen LogP contribution in [-0.2, 0) is 13.3 Å². The smallest absolute Gasteiger partial charge is 0.377 e. The molecule has 0 aliphatic carbocycles. The molecule has 17 heavy (non-hydrogen) atoms. The van der Waals surface area contributed by atoms with Gasteiger partial charge in [-0.1, -0.05) is 6.08 Å². The molecule has 0 aliphatic heterocycles. The molecule has 0 saturated carbocycles. The van der Waals surface area contributed by atoms with E-state index >= 15 is 0 Å². The third kappa shape index (κ3) is 6.92. The lowest BCUT2D eigenvalue weighted by Crippen LogP contribution is -2.45. The molecule has 0 aromatic carbocycles. The molecule has 1 unspecified atom stereocenters. The van der Waals surface area contributed by atoms with Gasteiger partial charge in [-0.05, 0) is 25.8 Å². The third-order valence-corrected chi connectivity index (χ3v) is 5.41. The zero-order chi connectivity index (χ0) is 13.1. The topological polar surface area (TPSA) is 79.7 Å². The summed E-state index contributed by atoms with van der Waals surface area (Å²) >= 11 is 0. The van der Waals surface area contributed by atoms with Crippen LogP contribution in [-0.4, -0.2) is 42.2 Å². The van der Waals surface area contributed by atoms with E-state index in [2.05, 4.69) is 6.58 Å². The van der Waals surface area contributed by atoms with Crippen LogP contribution in [0.2, 0.25) is 6.04 Å². The van der Waals surface area contributed by atoms with Gasteiger partial charge in [0.1, 0.15) is 0 Å². The minimum atomic E-state index is -2.54. The Morgan fingerprint density at radius 2 is 1.94 bits per heavy atom. The molecule has 102 valence electrons. The molecule has 0 bridgehead atoms. The van der Waals surface area contributed by atoms with Gasteiger partial charge in [0.05, 0.1) is 0 Å². The number of hydrogen-bond acceptors (Lipinski definition) is 5. The van der Waals surface area contributed by atoms with Gasteiger partial charge in [0.15, 0.2) is 0 Å². The first-order valence-corrected chi connectivity index (χ1v) is 7.88. The Kier molecular flexibility index (Phi) is 9.61. The SMILES string of the molecule is C=CCCO[Si](CCC(N)CCN)(OC)OC. The fourth-order valence-corrected chi connectivity index (χ4v) is 3.60. The molecule has 6 heteroatoms. The molecule has 0 spiro atoms. The number of nitrogens with two attached hydrogens (primary N) is 2. The van der Waals surface area contributed by atoms with Crippen molar-refractivity contribution in [2.45, 2.75) is 31.3 Å². The molecule has 0 saturated heterocycles. The summed E-state index contributed by atoms with van der Waals surface area (Å²) in [5.41, 5.74) is 11.4. The van der Waals surface area contributed by atoms with Crippen molar-refractivity contribution >= 4 is 8.80 Å². The van der Waals surface area contributed by atoms with E-state index < -0.39 is 8.80 Å². The van der Waals surface area contributed by atoms with Crippen LogP contribution in [0, 0.1) is 0 Å². The lowest BCUT2D eigenvalue weighted by atomic mass is 10.2. The van der Waals surface area contributed by atoms with Crippen molar-refractivity contribution in [2.75, 3.05) is 27.4 Å². The quantitative estimate of drug-likeness (QED) is 0.328. The van der Waals surface area contributed by atoms with Crippen LogP contribution in [0.4, 0.5) is 0 Å². The third-order valence-electron chi connectivity index (χ3n) is 2.62. The zero-order valence-electron chi connectivity index (χ0n) is 11.0. The maximum absolute atomic E-state index is 5.92. The summed E-state index contributed by atoms with van der Waals surface area (Å²) in [6, 6.07) is 0.804. The van der Waals surface area contributed by atoms with Gasteiger partial charge in [0, 0.05) is 32.9 Å². The lowest BCUT2D eigenvalue weighted by Gasteiger charge is -2.27. The Morgan fingerprint density at radius 3 is 2.41 bits per heavy atom. The Labute approximate surface area is 105 Å². The lowest BCUT2D eigenvalue weighted by molar-refractivity contribution is 0.0988. The number of hydrogen-bond donors (Lipinski definition) is 2. The summed E-state index contributed by atoms with van der Waals surface area (Å²) in [4.78, 5) is 0. The minimum absolute atomic E-state index is 0.0835. The van der Waals surface area contributed by atoms with Crippen LogP contribution in [0.1, 0.15) is 19.3 Å². The minimum Gasteiger partial charge on any atom is -0.377 e. The first-order valence-electron chi connectivity index (χ1n) is 5.95. The molecule has 0 radical (unpaired) electrons. The second-order valence-electron chi connectivity index (χ2n) is 3.89. The summed E-state index contributed by atoms with van der Waals surface area (Å²) in [7, 11) is 0.705. The molecular formula is C11H26N2O3Si. The monoisotopic (exact) mass is 262 g/mol. The average molecular weight is 262 g/mol. The summed E-state index contributed by atoms with van der Waals surface area (Å²) in [5, 5.41) is 0. The van der Waals surface area contributed by atoms with E-state index in [4.69, 9.17) is 24.7 Å². The van der Waals surface area contributed by atoms with E-state index in [-0.39, 0.29) is 6.04 Å². The van der Waals surface area contributed by atoms with Crippen LogP contribution in [0.15, 0.2) is 12.7 Å². The van der Waals surface area contributed by atoms with Gasteiger partial charge in [-0.3, -0.25) is 0 Å². The molecular weight excluding hydrogens is 236 g/mol. The Morgan fingerprint density at radius 1 is 1.29 bits per heavy atom.